The number of benzene rings is 1. The summed E-state index contributed by atoms with van der Waals surface area (Å²) in [6.45, 7) is 0.973. The van der Waals surface area contributed by atoms with Crippen LogP contribution in [-0.2, 0) is 6.54 Å². The number of H-pyrrole nitrogens is 1. The molecular formula is C14H20N2OS2. The number of methoxy groups -OCH3 is 1. The van der Waals surface area contributed by atoms with Crippen molar-refractivity contribution in [3.05, 3.63) is 23.0 Å². The van der Waals surface area contributed by atoms with Crippen LogP contribution in [0, 0.1) is 4.77 Å². The van der Waals surface area contributed by atoms with Gasteiger partial charge in [-0.3, -0.25) is 0 Å². The van der Waals surface area contributed by atoms with E-state index in [0.29, 0.717) is 0 Å². The van der Waals surface area contributed by atoms with E-state index in [9.17, 15) is 0 Å². The lowest BCUT2D eigenvalue weighted by molar-refractivity contribution is 0.419. The molecule has 2 rings (SSSR count). The molecule has 0 aliphatic heterocycles. The third-order valence-electron chi connectivity index (χ3n) is 3.22. The summed E-state index contributed by atoms with van der Waals surface area (Å²) in [5.74, 6) is 2.09. The Morgan fingerprint density at radius 2 is 2.16 bits per heavy atom. The first-order valence-electron chi connectivity index (χ1n) is 6.52. The number of nitrogens with zero attached hydrogens (tertiary/aromatic N) is 1. The third kappa shape index (κ3) is 3.34. The zero-order valence-electron chi connectivity index (χ0n) is 11.4. The minimum atomic E-state index is 0.782. The van der Waals surface area contributed by atoms with Gasteiger partial charge in [-0.15, -0.1) is 0 Å². The van der Waals surface area contributed by atoms with Gasteiger partial charge < -0.3 is 14.3 Å². The summed E-state index contributed by atoms with van der Waals surface area (Å²) >= 11 is 7.32. The molecule has 0 saturated carbocycles. The fourth-order valence-corrected chi connectivity index (χ4v) is 3.02. The predicted octanol–water partition coefficient (Wildman–Crippen LogP) is 4.24. The number of para-hydroxylation sites is 1. The maximum atomic E-state index is 5.41. The molecule has 2 aromatic rings. The zero-order valence-corrected chi connectivity index (χ0v) is 13.1. The largest absolute Gasteiger partial charge is 0.494 e. The molecule has 0 atom stereocenters. The van der Waals surface area contributed by atoms with E-state index in [2.05, 4.69) is 21.9 Å². The molecule has 19 heavy (non-hydrogen) atoms. The second-order valence-corrected chi connectivity index (χ2v) is 5.86. The number of unbranched alkanes of at least 4 members (excludes halogenated alkanes) is 2. The van der Waals surface area contributed by atoms with E-state index in [0.717, 1.165) is 28.1 Å². The number of rotatable bonds is 7. The van der Waals surface area contributed by atoms with Crippen molar-refractivity contribution in [1.82, 2.24) is 9.55 Å². The van der Waals surface area contributed by atoms with Crippen LogP contribution < -0.4 is 4.74 Å². The molecule has 1 N–H and O–H groups in total. The van der Waals surface area contributed by atoms with Crippen LogP contribution >= 0.6 is 24.0 Å². The van der Waals surface area contributed by atoms with Crippen molar-refractivity contribution in [2.24, 2.45) is 0 Å². The number of aryl methyl sites for hydroxylation is 1. The van der Waals surface area contributed by atoms with Crippen LogP contribution in [0.3, 0.4) is 0 Å². The molecular weight excluding hydrogens is 276 g/mol. The topological polar surface area (TPSA) is 29.9 Å². The van der Waals surface area contributed by atoms with Crippen LogP contribution in [0.4, 0.5) is 0 Å². The van der Waals surface area contributed by atoms with Gasteiger partial charge in [-0.25, -0.2) is 0 Å². The fraction of sp³-hybridized carbons (Fsp3) is 0.500. The standard InChI is InChI=1S/C14H20N2OS2/c1-17-12-8-6-7-11-13(12)15-14(18)16(11)9-4-3-5-10-19-2/h6-8H,3-5,9-10H2,1-2H3,(H,15,18). The molecule has 0 unspecified atom stereocenters. The molecule has 0 spiro atoms. The van der Waals surface area contributed by atoms with Gasteiger partial charge in [0.15, 0.2) is 4.77 Å². The molecule has 0 aliphatic rings. The van der Waals surface area contributed by atoms with Crippen molar-refractivity contribution in [1.29, 1.82) is 0 Å². The number of hydrogen-bond donors (Lipinski definition) is 1. The van der Waals surface area contributed by atoms with E-state index >= 15 is 0 Å². The Morgan fingerprint density at radius 1 is 1.32 bits per heavy atom. The zero-order chi connectivity index (χ0) is 13.7. The molecule has 1 heterocycles. The van der Waals surface area contributed by atoms with Crippen molar-refractivity contribution in [2.45, 2.75) is 25.8 Å². The molecule has 1 aromatic carbocycles. The summed E-state index contributed by atoms with van der Waals surface area (Å²) in [5, 5.41) is 0. The van der Waals surface area contributed by atoms with Crippen LogP contribution in [-0.4, -0.2) is 28.7 Å². The Bertz CT molecular complexity index is 589. The summed E-state index contributed by atoms with van der Waals surface area (Å²) in [5.41, 5.74) is 2.13. The van der Waals surface area contributed by atoms with Crippen molar-refractivity contribution in [3.63, 3.8) is 0 Å². The van der Waals surface area contributed by atoms with Gasteiger partial charge in [-0.05, 0) is 49.2 Å². The lowest BCUT2D eigenvalue weighted by atomic mass is 10.2. The molecule has 3 nitrogen and oxygen atoms in total. The average Bonchev–Trinajstić information content (AvgIpc) is 2.74. The number of fused-ring (bicyclic) bond motifs is 1. The molecule has 1 aromatic heterocycles. The van der Waals surface area contributed by atoms with Crippen molar-refractivity contribution < 1.29 is 4.74 Å². The van der Waals surface area contributed by atoms with Gasteiger partial charge in [0.25, 0.3) is 0 Å². The van der Waals surface area contributed by atoms with E-state index in [1.807, 2.05) is 23.9 Å². The van der Waals surface area contributed by atoms with E-state index < -0.39 is 0 Å². The van der Waals surface area contributed by atoms with Crippen LogP contribution in [0.5, 0.6) is 5.75 Å². The third-order valence-corrected chi connectivity index (χ3v) is 4.24. The Hall–Kier alpha value is -0.940. The molecule has 0 amide bonds. The molecule has 0 fully saturated rings. The first-order chi connectivity index (χ1) is 9.27. The average molecular weight is 296 g/mol. The second-order valence-electron chi connectivity index (χ2n) is 4.49. The Kier molecular flexibility index (Phi) is 5.34. The lowest BCUT2D eigenvalue weighted by Crippen LogP contribution is -1.98. The molecule has 5 heteroatoms. The maximum Gasteiger partial charge on any atom is 0.178 e. The summed E-state index contributed by atoms with van der Waals surface area (Å²) in [6.07, 6.45) is 5.85. The number of aromatic amines is 1. The first kappa shape index (κ1) is 14.5. The number of aromatic nitrogens is 2. The van der Waals surface area contributed by atoms with Crippen molar-refractivity contribution in [2.75, 3.05) is 19.1 Å². The molecule has 0 aliphatic carbocycles. The first-order valence-corrected chi connectivity index (χ1v) is 8.32. The normalized spacial score (nSPS) is 11.1. The summed E-state index contributed by atoms with van der Waals surface area (Å²) in [7, 11) is 1.69. The fourth-order valence-electron chi connectivity index (χ4n) is 2.24. The SMILES string of the molecule is COc1cccc2c1[nH]c(=S)n2CCCCCSC. The predicted molar refractivity (Wildman–Crippen MR) is 85.9 cm³/mol. The minimum absolute atomic E-state index is 0.782. The highest BCUT2D eigenvalue weighted by Gasteiger charge is 2.08. The second kappa shape index (κ2) is 7.01. The highest BCUT2D eigenvalue weighted by molar-refractivity contribution is 7.98. The highest BCUT2D eigenvalue weighted by Crippen LogP contribution is 2.24. The van der Waals surface area contributed by atoms with Crippen LogP contribution in [0.15, 0.2) is 18.2 Å². The quantitative estimate of drug-likeness (QED) is 0.612. The Labute approximate surface area is 123 Å². The van der Waals surface area contributed by atoms with Crippen LogP contribution in [0.25, 0.3) is 11.0 Å². The molecule has 0 radical (unpaired) electrons. The number of nitrogens with one attached hydrogen (secondary N) is 1. The van der Waals surface area contributed by atoms with Crippen molar-refractivity contribution in [3.8, 4) is 5.75 Å². The van der Waals surface area contributed by atoms with Crippen molar-refractivity contribution >= 4 is 35.0 Å². The number of ether oxygens (including phenoxy) is 1. The van der Waals surface area contributed by atoms with Gasteiger partial charge in [-0.1, -0.05) is 12.5 Å². The number of hydrogen-bond acceptors (Lipinski definition) is 3. The van der Waals surface area contributed by atoms with E-state index in [1.165, 1.54) is 25.0 Å². The van der Waals surface area contributed by atoms with Gasteiger partial charge >= 0.3 is 0 Å². The highest BCUT2D eigenvalue weighted by atomic mass is 32.2. The van der Waals surface area contributed by atoms with Gasteiger partial charge in [-0.2, -0.15) is 11.8 Å². The maximum absolute atomic E-state index is 5.41. The van der Waals surface area contributed by atoms with Gasteiger partial charge in [0.2, 0.25) is 0 Å². The van der Waals surface area contributed by atoms with Crippen LogP contribution in [0.2, 0.25) is 0 Å². The monoisotopic (exact) mass is 296 g/mol. The molecule has 104 valence electrons. The summed E-state index contributed by atoms with van der Waals surface area (Å²) in [6, 6.07) is 6.05. The smallest absolute Gasteiger partial charge is 0.178 e. The van der Waals surface area contributed by atoms with E-state index in [-0.39, 0.29) is 0 Å². The van der Waals surface area contributed by atoms with Gasteiger partial charge in [0.05, 0.1) is 12.6 Å². The molecule has 0 bridgehead atoms. The van der Waals surface area contributed by atoms with Gasteiger partial charge in [0, 0.05) is 6.54 Å². The Balaban J connectivity index is 2.14. The summed E-state index contributed by atoms with van der Waals surface area (Å²) in [4.78, 5) is 3.25. The lowest BCUT2D eigenvalue weighted by Gasteiger charge is -2.05. The Morgan fingerprint density at radius 3 is 2.89 bits per heavy atom. The molecule has 0 saturated heterocycles. The summed E-state index contributed by atoms with van der Waals surface area (Å²) < 4.78 is 8.31. The van der Waals surface area contributed by atoms with Crippen LogP contribution in [0.1, 0.15) is 19.3 Å². The minimum Gasteiger partial charge on any atom is -0.494 e. The number of thioether (sulfide) groups is 1. The number of imidazole rings is 1. The van der Waals surface area contributed by atoms with E-state index in [4.69, 9.17) is 17.0 Å². The van der Waals surface area contributed by atoms with E-state index in [1.54, 1.807) is 7.11 Å². The van der Waals surface area contributed by atoms with Gasteiger partial charge in [0.1, 0.15) is 11.3 Å².